The van der Waals surface area contributed by atoms with E-state index < -0.39 is 10.0 Å². The number of carbonyl (C=O) groups excluding carboxylic acids is 1. The number of hydrogen-bond acceptors (Lipinski definition) is 5. The van der Waals surface area contributed by atoms with E-state index in [0.717, 1.165) is 17.0 Å². The molecule has 0 radical (unpaired) electrons. The number of amides is 1. The van der Waals surface area contributed by atoms with Gasteiger partial charge < -0.3 is 14.5 Å². The summed E-state index contributed by atoms with van der Waals surface area (Å²) >= 11 is 5.96. The normalized spacial score (nSPS) is 14.0. The molecule has 1 fully saturated rings. The van der Waals surface area contributed by atoms with Crippen molar-refractivity contribution < 1.29 is 17.9 Å². The molecule has 0 spiro atoms. The molecule has 184 valence electrons. The summed E-state index contributed by atoms with van der Waals surface area (Å²) in [5, 5.41) is 0.440. The van der Waals surface area contributed by atoms with Crippen LogP contribution in [-0.4, -0.2) is 59.1 Å². The number of methoxy groups -OCH3 is 1. The van der Waals surface area contributed by atoms with Gasteiger partial charge in [0.05, 0.1) is 23.4 Å². The third kappa shape index (κ3) is 5.55. The summed E-state index contributed by atoms with van der Waals surface area (Å²) in [6.07, 6.45) is 0. The van der Waals surface area contributed by atoms with Crippen molar-refractivity contribution in [3.63, 3.8) is 0 Å². The summed E-state index contributed by atoms with van der Waals surface area (Å²) in [6.45, 7) is 3.86. The standard InChI is InChI=1S/C26H28ClN3O4S/c1-20-7-11-22(12-8-20)30(35(32,33)23-13-9-21(27)10-14-23)19-26(31)29-17-15-28(16-18-29)24-5-3-4-6-25(24)34-2/h3-14H,15-19H2,1-2H3. The Morgan fingerprint density at radius 3 is 2.20 bits per heavy atom. The van der Waals surface area contributed by atoms with Crippen molar-refractivity contribution in [3.05, 3.63) is 83.4 Å². The summed E-state index contributed by atoms with van der Waals surface area (Å²) in [6, 6.07) is 20.8. The predicted octanol–water partition coefficient (Wildman–Crippen LogP) is 4.20. The Morgan fingerprint density at radius 1 is 0.943 bits per heavy atom. The minimum absolute atomic E-state index is 0.0799. The minimum Gasteiger partial charge on any atom is -0.495 e. The van der Waals surface area contributed by atoms with E-state index in [0.29, 0.717) is 36.9 Å². The summed E-state index contributed by atoms with van der Waals surface area (Å²) in [4.78, 5) is 17.3. The summed E-state index contributed by atoms with van der Waals surface area (Å²) in [5.41, 5.74) is 2.41. The van der Waals surface area contributed by atoms with Gasteiger partial charge in [-0.05, 0) is 55.5 Å². The Hall–Kier alpha value is -3.23. The molecular weight excluding hydrogens is 486 g/mol. The number of anilines is 2. The molecule has 3 aromatic rings. The molecule has 0 atom stereocenters. The zero-order chi connectivity index (χ0) is 25.0. The molecule has 1 aliphatic rings. The van der Waals surface area contributed by atoms with E-state index in [1.807, 2.05) is 43.3 Å². The van der Waals surface area contributed by atoms with Crippen LogP contribution in [0.4, 0.5) is 11.4 Å². The van der Waals surface area contributed by atoms with Crippen LogP contribution in [0.1, 0.15) is 5.56 Å². The molecule has 3 aromatic carbocycles. The molecule has 1 saturated heterocycles. The predicted molar refractivity (Wildman–Crippen MR) is 139 cm³/mol. The Morgan fingerprint density at radius 2 is 1.57 bits per heavy atom. The van der Waals surface area contributed by atoms with Gasteiger partial charge in [0, 0.05) is 31.2 Å². The first kappa shape index (κ1) is 24.9. The minimum atomic E-state index is -3.98. The fraction of sp³-hybridized carbons (Fsp3) is 0.269. The van der Waals surface area contributed by atoms with Crippen LogP contribution in [0.15, 0.2) is 77.7 Å². The summed E-state index contributed by atoms with van der Waals surface area (Å²) < 4.78 is 33.7. The molecule has 0 aliphatic carbocycles. The Kier molecular flexibility index (Phi) is 7.52. The van der Waals surface area contributed by atoms with E-state index in [9.17, 15) is 13.2 Å². The first-order valence-corrected chi connectivity index (χ1v) is 13.1. The molecule has 9 heteroatoms. The van der Waals surface area contributed by atoms with Crippen molar-refractivity contribution in [2.24, 2.45) is 0 Å². The number of ether oxygens (including phenoxy) is 1. The molecular formula is C26H28ClN3O4S. The number of carbonyl (C=O) groups is 1. The lowest BCUT2D eigenvalue weighted by molar-refractivity contribution is -0.129. The third-order valence-electron chi connectivity index (χ3n) is 6.06. The highest BCUT2D eigenvalue weighted by atomic mass is 35.5. The number of halogens is 1. The molecule has 7 nitrogen and oxygen atoms in total. The zero-order valence-corrected chi connectivity index (χ0v) is 21.3. The van der Waals surface area contributed by atoms with Crippen LogP contribution in [-0.2, 0) is 14.8 Å². The monoisotopic (exact) mass is 513 g/mol. The van der Waals surface area contributed by atoms with Crippen LogP contribution >= 0.6 is 11.6 Å². The van der Waals surface area contributed by atoms with Crippen LogP contribution in [0, 0.1) is 6.92 Å². The molecule has 0 N–H and O–H groups in total. The molecule has 4 rings (SSSR count). The van der Waals surface area contributed by atoms with Crippen molar-refractivity contribution in [2.45, 2.75) is 11.8 Å². The Labute approximate surface area is 211 Å². The largest absolute Gasteiger partial charge is 0.495 e. The number of aryl methyl sites for hydroxylation is 1. The van der Waals surface area contributed by atoms with Gasteiger partial charge in [0.2, 0.25) is 5.91 Å². The smallest absolute Gasteiger partial charge is 0.264 e. The second-order valence-electron chi connectivity index (χ2n) is 8.34. The third-order valence-corrected chi connectivity index (χ3v) is 8.10. The van der Waals surface area contributed by atoms with E-state index in [1.165, 1.54) is 28.6 Å². The van der Waals surface area contributed by atoms with Gasteiger partial charge in [0.1, 0.15) is 12.3 Å². The van der Waals surface area contributed by atoms with Gasteiger partial charge in [-0.25, -0.2) is 8.42 Å². The lowest BCUT2D eigenvalue weighted by Crippen LogP contribution is -2.52. The molecule has 1 heterocycles. The fourth-order valence-corrected chi connectivity index (χ4v) is 5.61. The first-order chi connectivity index (χ1) is 16.8. The quantitative estimate of drug-likeness (QED) is 0.473. The van der Waals surface area contributed by atoms with Crippen molar-refractivity contribution in [2.75, 3.05) is 49.0 Å². The zero-order valence-electron chi connectivity index (χ0n) is 19.7. The number of benzene rings is 3. The lowest BCUT2D eigenvalue weighted by Gasteiger charge is -2.37. The van der Waals surface area contributed by atoms with Crippen LogP contribution in [0.25, 0.3) is 0 Å². The van der Waals surface area contributed by atoms with Gasteiger partial charge in [0.25, 0.3) is 10.0 Å². The maximum absolute atomic E-state index is 13.5. The highest BCUT2D eigenvalue weighted by molar-refractivity contribution is 7.92. The van der Waals surface area contributed by atoms with E-state index in [-0.39, 0.29) is 17.3 Å². The average Bonchev–Trinajstić information content (AvgIpc) is 2.88. The first-order valence-electron chi connectivity index (χ1n) is 11.3. The SMILES string of the molecule is COc1ccccc1N1CCN(C(=O)CN(c2ccc(C)cc2)S(=O)(=O)c2ccc(Cl)cc2)CC1. The van der Waals surface area contributed by atoms with Gasteiger partial charge in [-0.2, -0.15) is 0 Å². The molecule has 0 saturated carbocycles. The summed E-state index contributed by atoms with van der Waals surface area (Å²) in [5.74, 6) is 0.537. The van der Waals surface area contributed by atoms with Crippen LogP contribution in [0.2, 0.25) is 5.02 Å². The average molecular weight is 514 g/mol. The fourth-order valence-electron chi connectivity index (χ4n) is 4.07. The maximum Gasteiger partial charge on any atom is 0.264 e. The Bertz CT molecular complexity index is 1270. The van der Waals surface area contributed by atoms with Crippen molar-refractivity contribution >= 4 is 38.9 Å². The van der Waals surface area contributed by atoms with Crippen LogP contribution in [0.5, 0.6) is 5.75 Å². The van der Waals surface area contributed by atoms with Gasteiger partial charge in [-0.15, -0.1) is 0 Å². The van der Waals surface area contributed by atoms with E-state index in [1.54, 1.807) is 24.1 Å². The van der Waals surface area contributed by atoms with E-state index in [4.69, 9.17) is 16.3 Å². The van der Waals surface area contributed by atoms with Gasteiger partial charge >= 0.3 is 0 Å². The molecule has 0 aromatic heterocycles. The van der Waals surface area contributed by atoms with E-state index in [2.05, 4.69) is 4.90 Å². The van der Waals surface area contributed by atoms with Crippen LogP contribution in [0.3, 0.4) is 0 Å². The van der Waals surface area contributed by atoms with Gasteiger partial charge in [0.15, 0.2) is 0 Å². The number of piperazine rings is 1. The topological polar surface area (TPSA) is 70.2 Å². The van der Waals surface area contributed by atoms with Crippen molar-refractivity contribution in [1.29, 1.82) is 0 Å². The van der Waals surface area contributed by atoms with Gasteiger partial charge in [-0.3, -0.25) is 9.10 Å². The lowest BCUT2D eigenvalue weighted by atomic mass is 10.2. The molecule has 1 aliphatic heterocycles. The highest BCUT2D eigenvalue weighted by Crippen LogP contribution is 2.29. The van der Waals surface area contributed by atoms with Crippen molar-refractivity contribution in [3.8, 4) is 5.75 Å². The van der Waals surface area contributed by atoms with Gasteiger partial charge in [-0.1, -0.05) is 41.4 Å². The molecule has 35 heavy (non-hydrogen) atoms. The van der Waals surface area contributed by atoms with E-state index >= 15 is 0 Å². The molecule has 0 unspecified atom stereocenters. The highest BCUT2D eigenvalue weighted by Gasteiger charge is 2.30. The van der Waals surface area contributed by atoms with Crippen molar-refractivity contribution in [1.82, 2.24) is 4.90 Å². The second-order valence-corrected chi connectivity index (χ2v) is 10.6. The maximum atomic E-state index is 13.5. The Balaban J connectivity index is 1.53. The number of para-hydroxylation sites is 2. The number of rotatable bonds is 7. The number of nitrogens with zero attached hydrogens (tertiary/aromatic N) is 3. The van der Waals surface area contributed by atoms with Crippen LogP contribution < -0.4 is 13.9 Å². The number of hydrogen-bond donors (Lipinski definition) is 0. The number of sulfonamides is 1. The molecule has 0 bridgehead atoms. The molecule has 1 amide bonds. The second kappa shape index (κ2) is 10.6. The summed E-state index contributed by atoms with van der Waals surface area (Å²) in [7, 11) is -2.34.